The molecule has 15 heavy (non-hydrogen) atoms. The molecule has 82 valence electrons. The maximum atomic E-state index is 10.9. The molecule has 0 saturated carbocycles. The fourth-order valence-corrected chi connectivity index (χ4v) is 1.52. The van der Waals surface area contributed by atoms with E-state index in [2.05, 4.69) is 16.5 Å². The number of carbonyl (C=O) groups excluding carboxylic acids is 2. The second-order valence-corrected chi connectivity index (χ2v) is 4.13. The van der Waals surface area contributed by atoms with Crippen LogP contribution >= 0.6 is 0 Å². The molecule has 0 heterocycles. The van der Waals surface area contributed by atoms with Crippen LogP contribution < -0.4 is 5.73 Å². The Bertz CT molecular complexity index is 337. The summed E-state index contributed by atoms with van der Waals surface area (Å²) in [5.41, 5.74) is 4.51. The van der Waals surface area contributed by atoms with Crippen LogP contribution in [0.1, 0.15) is 12.8 Å². The van der Waals surface area contributed by atoms with Gasteiger partial charge in [0.2, 0.25) is 0 Å². The van der Waals surface area contributed by atoms with Crippen LogP contribution in [0.4, 0.5) is 4.79 Å². The predicted molar refractivity (Wildman–Crippen MR) is 56.0 cm³/mol. The second kappa shape index (κ2) is 7.86. The number of carbonyl (C=O) groups is 2. The first-order valence-electron chi connectivity index (χ1n) is 3.74. The van der Waals surface area contributed by atoms with Crippen molar-refractivity contribution in [1.82, 2.24) is 0 Å². The molecule has 0 saturated heterocycles. The molecule has 0 spiro atoms. The van der Waals surface area contributed by atoms with Crippen molar-refractivity contribution in [3.05, 3.63) is 12.7 Å². The van der Waals surface area contributed by atoms with Gasteiger partial charge in [0.25, 0.3) is 0 Å². The zero-order chi connectivity index (χ0) is 11.2. The number of ketones is 1. The monoisotopic (exact) mass is 245 g/mol. The van der Waals surface area contributed by atoms with Crippen molar-refractivity contribution >= 4 is 51.6 Å². The van der Waals surface area contributed by atoms with Gasteiger partial charge in [0.1, 0.15) is 0 Å². The van der Waals surface area contributed by atoms with Crippen LogP contribution in [0.25, 0.3) is 0 Å². The average molecular weight is 245 g/mol. The third-order valence-corrected chi connectivity index (χ3v) is 2.46. The topological polar surface area (TPSA) is 104 Å². The molecule has 0 aliphatic carbocycles. The molecule has 0 aliphatic heterocycles. The Hall–Kier alpha value is -0.370. The first-order chi connectivity index (χ1) is 6.37. The Morgan fingerprint density at radius 3 is 2.33 bits per heavy atom. The molecule has 0 radical (unpaired) electrons. The SMILES string of the molecule is C=CC(=O)CCCS(=O)(=O)OC(N)=O.[NaH]. The van der Waals surface area contributed by atoms with Crippen LogP contribution in [0.5, 0.6) is 0 Å². The molecule has 0 unspecified atom stereocenters. The first-order valence-corrected chi connectivity index (χ1v) is 5.32. The zero-order valence-electron chi connectivity index (χ0n) is 7.43. The Balaban J connectivity index is 0. The molecule has 0 fully saturated rings. The van der Waals surface area contributed by atoms with Gasteiger partial charge in [-0.15, -0.1) is 0 Å². The third kappa shape index (κ3) is 9.92. The van der Waals surface area contributed by atoms with Crippen molar-refractivity contribution in [3.8, 4) is 0 Å². The van der Waals surface area contributed by atoms with E-state index in [1.807, 2.05) is 0 Å². The molecule has 0 aromatic rings. The summed E-state index contributed by atoms with van der Waals surface area (Å²) in [6.07, 6.45) is -0.160. The predicted octanol–water partition coefficient (Wildman–Crippen LogP) is -0.702. The van der Waals surface area contributed by atoms with E-state index >= 15 is 0 Å². The molecular formula is C7H12NNaO5S. The zero-order valence-corrected chi connectivity index (χ0v) is 8.25. The van der Waals surface area contributed by atoms with E-state index in [4.69, 9.17) is 0 Å². The van der Waals surface area contributed by atoms with Gasteiger partial charge in [-0.05, 0) is 12.5 Å². The van der Waals surface area contributed by atoms with Crippen LogP contribution in [0, 0.1) is 0 Å². The molecule has 0 atom stereocenters. The van der Waals surface area contributed by atoms with E-state index in [-0.39, 0.29) is 48.2 Å². The maximum absolute atomic E-state index is 10.9. The van der Waals surface area contributed by atoms with E-state index in [9.17, 15) is 18.0 Å². The van der Waals surface area contributed by atoms with Crippen LogP contribution in [0.3, 0.4) is 0 Å². The Morgan fingerprint density at radius 2 is 1.93 bits per heavy atom. The minimum atomic E-state index is -3.95. The number of hydrogen-bond donors (Lipinski definition) is 1. The molecule has 8 heteroatoms. The summed E-state index contributed by atoms with van der Waals surface area (Å²) in [6, 6.07) is 0. The fourth-order valence-electron chi connectivity index (χ4n) is 0.692. The number of amides is 1. The van der Waals surface area contributed by atoms with Crippen molar-refractivity contribution < 1.29 is 22.2 Å². The summed E-state index contributed by atoms with van der Waals surface area (Å²) in [7, 11) is -3.95. The summed E-state index contributed by atoms with van der Waals surface area (Å²) < 4.78 is 25.5. The average Bonchev–Trinajstić information content (AvgIpc) is 2.01. The summed E-state index contributed by atoms with van der Waals surface area (Å²) in [5.74, 6) is -0.686. The normalized spacial score (nSPS) is 9.87. The minimum absolute atomic E-state index is 0. The van der Waals surface area contributed by atoms with Gasteiger partial charge in [0, 0.05) is 6.42 Å². The molecule has 0 bridgehead atoms. The van der Waals surface area contributed by atoms with Crippen molar-refractivity contribution in [2.75, 3.05) is 5.75 Å². The summed E-state index contributed by atoms with van der Waals surface area (Å²) in [5, 5.41) is 0. The molecular weight excluding hydrogens is 233 g/mol. The van der Waals surface area contributed by atoms with Gasteiger partial charge < -0.3 is 9.92 Å². The quantitative estimate of drug-likeness (QED) is 0.378. The standard InChI is InChI=1S/C7H11NO5S.Na.H/c1-2-6(9)4-3-5-14(11,12)13-7(8)10;;/h2H,1,3-5H2,(H2,8,10);;. The summed E-state index contributed by atoms with van der Waals surface area (Å²) in [6.45, 7) is 3.22. The van der Waals surface area contributed by atoms with Crippen LogP contribution in [-0.2, 0) is 19.1 Å². The number of allylic oxidation sites excluding steroid dienone is 1. The van der Waals surface area contributed by atoms with Crippen LogP contribution in [-0.4, -0.2) is 55.6 Å². The van der Waals surface area contributed by atoms with Crippen molar-refractivity contribution in [1.29, 1.82) is 0 Å². The molecule has 6 nitrogen and oxygen atoms in total. The van der Waals surface area contributed by atoms with Crippen LogP contribution in [0.2, 0.25) is 0 Å². The number of nitrogens with two attached hydrogens (primary N) is 1. The Morgan fingerprint density at radius 1 is 1.40 bits per heavy atom. The Labute approximate surface area is 110 Å². The summed E-state index contributed by atoms with van der Waals surface area (Å²) in [4.78, 5) is 20.8. The van der Waals surface area contributed by atoms with Gasteiger partial charge in [-0.2, -0.15) is 8.42 Å². The van der Waals surface area contributed by atoms with Gasteiger partial charge in [0.15, 0.2) is 5.78 Å². The van der Waals surface area contributed by atoms with Gasteiger partial charge in [0.05, 0.1) is 5.75 Å². The number of rotatable bonds is 6. The molecule has 1 amide bonds. The van der Waals surface area contributed by atoms with Crippen molar-refractivity contribution in [3.63, 3.8) is 0 Å². The van der Waals surface area contributed by atoms with E-state index < -0.39 is 22.0 Å². The van der Waals surface area contributed by atoms with Gasteiger partial charge in [-0.3, -0.25) is 4.79 Å². The van der Waals surface area contributed by atoms with Crippen LogP contribution in [0.15, 0.2) is 12.7 Å². The number of hydrogen-bond acceptors (Lipinski definition) is 5. The van der Waals surface area contributed by atoms with E-state index in [0.717, 1.165) is 6.08 Å². The van der Waals surface area contributed by atoms with Gasteiger partial charge in [-0.25, -0.2) is 4.79 Å². The van der Waals surface area contributed by atoms with E-state index in [1.165, 1.54) is 0 Å². The third-order valence-electron chi connectivity index (χ3n) is 1.25. The molecule has 0 rings (SSSR count). The molecule has 0 aromatic heterocycles. The second-order valence-electron chi connectivity index (χ2n) is 2.44. The van der Waals surface area contributed by atoms with E-state index in [0.29, 0.717) is 0 Å². The Kier molecular flexibility index (Phi) is 8.93. The molecule has 2 N–H and O–H groups in total. The molecule has 0 aromatic carbocycles. The first kappa shape index (κ1) is 17.0. The van der Waals surface area contributed by atoms with E-state index in [1.54, 1.807) is 0 Å². The molecule has 0 aliphatic rings. The van der Waals surface area contributed by atoms with Gasteiger partial charge in [-0.1, -0.05) is 6.58 Å². The van der Waals surface area contributed by atoms with Crippen molar-refractivity contribution in [2.24, 2.45) is 5.73 Å². The summed E-state index contributed by atoms with van der Waals surface area (Å²) >= 11 is 0. The van der Waals surface area contributed by atoms with Crippen molar-refractivity contribution in [2.45, 2.75) is 12.8 Å². The van der Waals surface area contributed by atoms with Gasteiger partial charge >= 0.3 is 45.8 Å². The number of primary amides is 1. The fraction of sp³-hybridized carbons (Fsp3) is 0.429.